The van der Waals surface area contributed by atoms with Crippen molar-refractivity contribution in [1.82, 2.24) is 10.6 Å². The molecule has 33 heavy (non-hydrogen) atoms. The van der Waals surface area contributed by atoms with E-state index in [0.29, 0.717) is 22.6 Å². The molecule has 0 aliphatic heterocycles. The number of benzene rings is 2. The Labute approximate surface area is 194 Å². The largest absolute Gasteiger partial charge is 0.405 e. The van der Waals surface area contributed by atoms with Gasteiger partial charge in [-0.05, 0) is 54.8 Å². The van der Waals surface area contributed by atoms with Gasteiger partial charge in [0.05, 0.1) is 0 Å². The maximum atomic E-state index is 13.0. The lowest BCUT2D eigenvalue weighted by Gasteiger charge is -2.24. The summed E-state index contributed by atoms with van der Waals surface area (Å²) in [4.78, 5) is 37.7. The predicted octanol–water partition coefficient (Wildman–Crippen LogP) is 4.72. The topological polar surface area (TPSA) is 87.3 Å². The van der Waals surface area contributed by atoms with E-state index in [9.17, 15) is 27.6 Å². The molecule has 2 unspecified atom stereocenters. The number of carbonyl (C=O) groups is 3. The first kappa shape index (κ1) is 26.2. The van der Waals surface area contributed by atoms with Crippen LogP contribution >= 0.6 is 11.6 Å². The highest BCUT2D eigenvalue weighted by molar-refractivity contribution is 6.30. The van der Waals surface area contributed by atoms with Crippen LogP contribution in [-0.4, -0.2) is 36.5 Å². The third-order valence-electron chi connectivity index (χ3n) is 5.10. The molecule has 0 aromatic heterocycles. The van der Waals surface area contributed by atoms with Crippen molar-refractivity contribution in [2.45, 2.75) is 39.4 Å². The molecule has 0 fully saturated rings. The first-order chi connectivity index (χ1) is 15.4. The Morgan fingerprint density at radius 2 is 1.61 bits per heavy atom. The summed E-state index contributed by atoms with van der Waals surface area (Å²) in [5.41, 5.74) is 1.15. The minimum atomic E-state index is -4.54. The minimum Gasteiger partial charge on any atom is -0.343 e. The number of hydrogen-bond acceptors (Lipinski definition) is 3. The van der Waals surface area contributed by atoms with Gasteiger partial charge < -0.3 is 16.0 Å². The zero-order valence-electron chi connectivity index (χ0n) is 18.3. The highest BCUT2D eigenvalue weighted by atomic mass is 35.5. The van der Waals surface area contributed by atoms with E-state index < -0.39 is 36.5 Å². The molecule has 2 aromatic carbocycles. The first-order valence-corrected chi connectivity index (χ1v) is 10.6. The second kappa shape index (κ2) is 11.2. The average molecular weight is 484 g/mol. The van der Waals surface area contributed by atoms with Crippen molar-refractivity contribution in [3.63, 3.8) is 0 Å². The van der Waals surface area contributed by atoms with Crippen molar-refractivity contribution >= 4 is 35.0 Å². The molecule has 10 heteroatoms. The normalized spacial score (nSPS) is 13.1. The molecule has 2 aromatic rings. The van der Waals surface area contributed by atoms with E-state index in [1.54, 1.807) is 31.3 Å². The number of carbonyl (C=O) groups excluding carboxylic acids is 3. The molecule has 0 aliphatic rings. The van der Waals surface area contributed by atoms with E-state index in [4.69, 9.17) is 11.6 Å². The lowest BCUT2D eigenvalue weighted by molar-refractivity contribution is -0.123. The molecular formula is C23H25ClF3N3O3. The van der Waals surface area contributed by atoms with Crippen LogP contribution < -0.4 is 16.0 Å². The van der Waals surface area contributed by atoms with Crippen molar-refractivity contribution in [3.05, 3.63) is 64.2 Å². The number of hydrogen-bond donors (Lipinski definition) is 3. The fourth-order valence-corrected chi connectivity index (χ4v) is 3.04. The Kier molecular flexibility index (Phi) is 8.87. The van der Waals surface area contributed by atoms with Crippen LogP contribution in [0.25, 0.3) is 0 Å². The van der Waals surface area contributed by atoms with Gasteiger partial charge in [-0.1, -0.05) is 37.9 Å². The van der Waals surface area contributed by atoms with Crippen LogP contribution in [0.15, 0.2) is 42.5 Å². The fraction of sp³-hybridized carbons (Fsp3) is 0.348. The Balaban J connectivity index is 2.18. The van der Waals surface area contributed by atoms with E-state index in [-0.39, 0.29) is 17.2 Å². The maximum absolute atomic E-state index is 13.0. The monoisotopic (exact) mass is 483 g/mol. The van der Waals surface area contributed by atoms with Gasteiger partial charge in [-0.3, -0.25) is 14.4 Å². The summed E-state index contributed by atoms with van der Waals surface area (Å²) in [5.74, 6) is -2.11. The maximum Gasteiger partial charge on any atom is 0.405 e. The second-order valence-electron chi connectivity index (χ2n) is 7.66. The number of aryl methyl sites for hydroxylation is 1. The average Bonchev–Trinajstić information content (AvgIpc) is 2.76. The van der Waals surface area contributed by atoms with E-state index in [1.807, 2.05) is 6.92 Å². The number of alkyl halides is 3. The lowest BCUT2D eigenvalue weighted by Crippen LogP contribution is -2.47. The van der Waals surface area contributed by atoms with Gasteiger partial charge in [0.25, 0.3) is 11.8 Å². The molecule has 0 saturated heterocycles. The summed E-state index contributed by atoms with van der Waals surface area (Å²) in [6.45, 7) is 3.89. The molecule has 0 bridgehead atoms. The molecule has 2 atom stereocenters. The van der Waals surface area contributed by atoms with Crippen molar-refractivity contribution in [2.75, 3.05) is 11.9 Å². The molecule has 0 radical (unpaired) electrons. The fourth-order valence-electron chi connectivity index (χ4n) is 2.92. The molecule has 0 heterocycles. The first-order valence-electron chi connectivity index (χ1n) is 10.2. The van der Waals surface area contributed by atoms with Crippen molar-refractivity contribution in [2.24, 2.45) is 5.92 Å². The predicted molar refractivity (Wildman–Crippen MR) is 120 cm³/mol. The number of rotatable bonds is 8. The van der Waals surface area contributed by atoms with Crippen LogP contribution in [0.2, 0.25) is 5.02 Å². The van der Waals surface area contributed by atoms with Crippen LogP contribution in [0.4, 0.5) is 18.9 Å². The Morgan fingerprint density at radius 3 is 2.18 bits per heavy atom. The third-order valence-corrected chi connectivity index (χ3v) is 5.35. The smallest absolute Gasteiger partial charge is 0.343 e. The second-order valence-corrected chi connectivity index (χ2v) is 8.10. The molecule has 6 nitrogen and oxygen atoms in total. The van der Waals surface area contributed by atoms with E-state index >= 15 is 0 Å². The number of halogens is 4. The molecule has 178 valence electrons. The van der Waals surface area contributed by atoms with Crippen molar-refractivity contribution in [3.8, 4) is 0 Å². The van der Waals surface area contributed by atoms with Gasteiger partial charge in [-0.25, -0.2) is 0 Å². The molecular weight excluding hydrogens is 459 g/mol. The molecule has 0 saturated carbocycles. The number of nitrogens with one attached hydrogen (secondary N) is 3. The van der Waals surface area contributed by atoms with E-state index in [1.165, 1.54) is 30.3 Å². The summed E-state index contributed by atoms with van der Waals surface area (Å²) in [6, 6.07) is 9.50. The number of anilines is 1. The molecule has 0 aliphatic carbocycles. The van der Waals surface area contributed by atoms with Gasteiger partial charge in [-0.15, -0.1) is 0 Å². The van der Waals surface area contributed by atoms with Gasteiger partial charge in [0.1, 0.15) is 12.6 Å². The van der Waals surface area contributed by atoms with Gasteiger partial charge >= 0.3 is 6.18 Å². The highest BCUT2D eigenvalue weighted by Crippen LogP contribution is 2.20. The van der Waals surface area contributed by atoms with Crippen LogP contribution in [0, 0.1) is 12.8 Å². The van der Waals surface area contributed by atoms with Gasteiger partial charge in [-0.2, -0.15) is 13.2 Å². The number of amides is 3. The Bertz CT molecular complexity index is 1010. The van der Waals surface area contributed by atoms with Crippen molar-refractivity contribution < 1.29 is 27.6 Å². The summed E-state index contributed by atoms with van der Waals surface area (Å²) in [7, 11) is 0. The zero-order valence-corrected chi connectivity index (χ0v) is 19.1. The SMILES string of the molecule is CCC(C)C(NC(=O)c1ccc(Cl)cc1)C(=O)Nc1cc(C(=O)NCC(F)(F)F)ccc1C. The van der Waals surface area contributed by atoms with Crippen LogP contribution in [-0.2, 0) is 4.79 Å². The molecule has 0 spiro atoms. The summed E-state index contributed by atoms with van der Waals surface area (Å²) in [5, 5.41) is 7.66. The van der Waals surface area contributed by atoms with Crippen molar-refractivity contribution in [1.29, 1.82) is 0 Å². The molecule has 3 amide bonds. The standard InChI is InChI=1S/C23H25ClF3N3O3/c1-4-13(2)19(30-21(32)15-7-9-17(24)10-8-15)22(33)29-18-11-16(6-5-14(18)3)20(31)28-12-23(25,26)27/h5-11,13,19H,4,12H2,1-3H3,(H,28,31)(H,29,33)(H,30,32). The van der Waals surface area contributed by atoms with Crippen LogP contribution in [0.5, 0.6) is 0 Å². The highest BCUT2D eigenvalue weighted by Gasteiger charge is 2.29. The van der Waals surface area contributed by atoms with Crippen LogP contribution in [0.1, 0.15) is 46.5 Å². The van der Waals surface area contributed by atoms with Crippen LogP contribution in [0.3, 0.4) is 0 Å². The van der Waals surface area contributed by atoms with E-state index in [0.717, 1.165) is 0 Å². The lowest BCUT2D eigenvalue weighted by atomic mass is 9.97. The molecule has 3 N–H and O–H groups in total. The third kappa shape index (κ3) is 7.78. The zero-order chi connectivity index (χ0) is 24.8. The Hall–Kier alpha value is -3.07. The van der Waals surface area contributed by atoms with Gasteiger partial charge in [0.15, 0.2) is 0 Å². The Morgan fingerprint density at radius 1 is 1.00 bits per heavy atom. The van der Waals surface area contributed by atoms with Gasteiger partial charge in [0, 0.05) is 21.8 Å². The van der Waals surface area contributed by atoms with Gasteiger partial charge in [0.2, 0.25) is 5.91 Å². The summed E-state index contributed by atoms with van der Waals surface area (Å²) < 4.78 is 37.1. The molecule has 2 rings (SSSR count). The summed E-state index contributed by atoms with van der Waals surface area (Å²) in [6.07, 6.45) is -3.94. The quantitative estimate of drug-likeness (QED) is 0.507. The summed E-state index contributed by atoms with van der Waals surface area (Å²) >= 11 is 5.85. The van der Waals surface area contributed by atoms with E-state index in [2.05, 4.69) is 10.6 Å². The minimum absolute atomic E-state index is 0.0366.